The van der Waals surface area contributed by atoms with Crippen molar-refractivity contribution in [2.45, 2.75) is 18.9 Å². The van der Waals surface area contributed by atoms with Crippen LogP contribution in [-0.4, -0.2) is 9.59 Å². The van der Waals surface area contributed by atoms with E-state index in [1.807, 2.05) is 6.07 Å². The smallest absolute Gasteiger partial charge is 0.0669 e. The van der Waals surface area contributed by atoms with Gasteiger partial charge in [0.25, 0.3) is 0 Å². The van der Waals surface area contributed by atoms with E-state index in [9.17, 15) is 0 Å². The molecule has 0 aliphatic rings. The molecule has 5 heteroatoms. The minimum Gasteiger partial charge on any atom is -0.271 e. The zero-order valence-corrected chi connectivity index (χ0v) is 9.65. The van der Waals surface area contributed by atoms with E-state index in [-0.39, 0.29) is 6.04 Å². The molecule has 0 saturated heterocycles. The van der Waals surface area contributed by atoms with E-state index >= 15 is 0 Å². The first-order chi connectivity index (χ1) is 7.90. The van der Waals surface area contributed by atoms with E-state index in [2.05, 4.69) is 39.3 Å². The van der Waals surface area contributed by atoms with Crippen LogP contribution in [0.3, 0.4) is 0 Å². The molecule has 1 aromatic carbocycles. The summed E-state index contributed by atoms with van der Waals surface area (Å²) in [6.45, 7) is 0. The van der Waals surface area contributed by atoms with Crippen molar-refractivity contribution in [2.24, 2.45) is 5.84 Å². The van der Waals surface area contributed by atoms with Crippen LogP contribution in [0.4, 0.5) is 0 Å². The van der Waals surface area contributed by atoms with Gasteiger partial charge < -0.3 is 0 Å². The van der Waals surface area contributed by atoms with Crippen LogP contribution in [0.5, 0.6) is 0 Å². The van der Waals surface area contributed by atoms with Gasteiger partial charge in [-0.2, -0.15) is 0 Å². The van der Waals surface area contributed by atoms with Crippen LogP contribution < -0.4 is 11.3 Å². The van der Waals surface area contributed by atoms with Crippen LogP contribution in [0.2, 0.25) is 0 Å². The van der Waals surface area contributed by atoms with Crippen molar-refractivity contribution in [2.75, 3.05) is 0 Å². The molecule has 3 N–H and O–H groups in total. The standard InChI is InChI=1S/C11H14N4S/c12-14-10(11-8-13-15-16-11)7-6-9-4-2-1-3-5-9/h1-5,8,10,14H,6-7,12H2. The van der Waals surface area contributed by atoms with Gasteiger partial charge in [0.05, 0.1) is 17.1 Å². The number of aryl methyl sites for hydroxylation is 1. The first-order valence-electron chi connectivity index (χ1n) is 5.17. The number of hydrogen-bond acceptors (Lipinski definition) is 5. The first-order valence-corrected chi connectivity index (χ1v) is 5.95. The van der Waals surface area contributed by atoms with Gasteiger partial charge >= 0.3 is 0 Å². The molecule has 2 aromatic rings. The lowest BCUT2D eigenvalue weighted by atomic mass is 10.1. The predicted octanol–water partition coefficient (Wildman–Crippen LogP) is 1.68. The molecular weight excluding hydrogens is 220 g/mol. The summed E-state index contributed by atoms with van der Waals surface area (Å²) in [5.41, 5.74) is 4.12. The van der Waals surface area contributed by atoms with Crippen LogP contribution in [0.15, 0.2) is 36.5 Å². The zero-order valence-electron chi connectivity index (χ0n) is 8.84. The predicted molar refractivity (Wildman–Crippen MR) is 64.7 cm³/mol. The quantitative estimate of drug-likeness (QED) is 0.610. The van der Waals surface area contributed by atoms with Crippen molar-refractivity contribution in [1.82, 2.24) is 15.0 Å². The molecule has 1 atom stereocenters. The SMILES string of the molecule is NNC(CCc1ccccc1)c1cnns1. The van der Waals surface area contributed by atoms with Crippen molar-refractivity contribution in [3.63, 3.8) is 0 Å². The molecule has 0 fully saturated rings. The van der Waals surface area contributed by atoms with Crippen LogP contribution in [-0.2, 0) is 6.42 Å². The number of aromatic nitrogens is 2. The normalized spacial score (nSPS) is 12.6. The summed E-state index contributed by atoms with van der Waals surface area (Å²) in [5.74, 6) is 5.53. The number of hydrazine groups is 1. The van der Waals surface area contributed by atoms with Crippen LogP contribution in [0, 0.1) is 0 Å². The average Bonchev–Trinajstić information content (AvgIpc) is 2.85. The Morgan fingerprint density at radius 2 is 2.12 bits per heavy atom. The van der Waals surface area contributed by atoms with E-state index in [0.29, 0.717) is 0 Å². The molecule has 2 rings (SSSR count). The second-order valence-corrected chi connectivity index (χ2v) is 4.38. The van der Waals surface area contributed by atoms with Crippen LogP contribution >= 0.6 is 11.5 Å². The molecule has 1 unspecified atom stereocenters. The van der Waals surface area contributed by atoms with Crippen molar-refractivity contribution < 1.29 is 0 Å². The third-order valence-electron chi connectivity index (χ3n) is 2.49. The molecule has 0 spiro atoms. The number of benzene rings is 1. The fourth-order valence-electron chi connectivity index (χ4n) is 1.59. The zero-order chi connectivity index (χ0) is 11.2. The van der Waals surface area contributed by atoms with Crippen molar-refractivity contribution in [1.29, 1.82) is 0 Å². The van der Waals surface area contributed by atoms with Gasteiger partial charge in [-0.25, -0.2) is 0 Å². The fraction of sp³-hybridized carbons (Fsp3) is 0.273. The maximum Gasteiger partial charge on any atom is 0.0669 e. The Balaban J connectivity index is 1.94. The number of nitrogens with one attached hydrogen (secondary N) is 1. The highest BCUT2D eigenvalue weighted by molar-refractivity contribution is 7.05. The van der Waals surface area contributed by atoms with Crippen molar-refractivity contribution in [3.05, 3.63) is 47.0 Å². The monoisotopic (exact) mass is 234 g/mol. The highest BCUT2D eigenvalue weighted by Gasteiger charge is 2.11. The molecule has 84 valence electrons. The summed E-state index contributed by atoms with van der Waals surface area (Å²) in [6, 6.07) is 10.5. The van der Waals surface area contributed by atoms with Gasteiger partial charge in [0.2, 0.25) is 0 Å². The highest BCUT2D eigenvalue weighted by atomic mass is 32.1. The number of nitrogens with zero attached hydrogens (tertiary/aromatic N) is 2. The topological polar surface area (TPSA) is 63.8 Å². The minimum absolute atomic E-state index is 0.139. The van der Waals surface area contributed by atoms with E-state index in [4.69, 9.17) is 5.84 Å². The maximum absolute atomic E-state index is 5.53. The average molecular weight is 234 g/mol. The second-order valence-electron chi connectivity index (χ2n) is 3.56. The first kappa shape index (κ1) is 11.2. The summed E-state index contributed by atoms with van der Waals surface area (Å²) in [4.78, 5) is 1.08. The molecule has 4 nitrogen and oxygen atoms in total. The van der Waals surface area contributed by atoms with E-state index < -0.39 is 0 Å². The Labute approximate surface area is 98.6 Å². The summed E-state index contributed by atoms with van der Waals surface area (Å²) in [7, 11) is 0. The third-order valence-corrected chi connectivity index (χ3v) is 3.26. The van der Waals surface area contributed by atoms with E-state index in [0.717, 1.165) is 17.7 Å². The van der Waals surface area contributed by atoms with Gasteiger partial charge in [-0.3, -0.25) is 11.3 Å². The molecule has 0 bridgehead atoms. The fourth-order valence-corrected chi connectivity index (χ4v) is 2.19. The number of nitrogens with two attached hydrogens (primary N) is 1. The summed E-state index contributed by atoms with van der Waals surface area (Å²) < 4.78 is 3.84. The van der Waals surface area contributed by atoms with Gasteiger partial charge in [0.1, 0.15) is 0 Å². The molecule has 16 heavy (non-hydrogen) atoms. The molecule has 1 aromatic heterocycles. The minimum atomic E-state index is 0.139. The summed E-state index contributed by atoms with van der Waals surface area (Å²) in [6.07, 6.45) is 3.71. The van der Waals surface area contributed by atoms with Crippen molar-refractivity contribution in [3.8, 4) is 0 Å². The molecule has 0 aliphatic heterocycles. The van der Waals surface area contributed by atoms with Gasteiger partial charge in [0, 0.05) is 0 Å². The Morgan fingerprint density at radius 3 is 2.75 bits per heavy atom. The lowest BCUT2D eigenvalue weighted by molar-refractivity contribution is 0.523. The van der Waals surface area contributed by atoms with Crippen molar-refractivity contribution >= 4 is 11.5 Å². The third kappa shape index (κ3) is 2.85. The Kier molecular flexibility index (Phi) is 3.98. The largest absolute Gasteiger partial charge is 0.271 e. The maximum atomic E-state index is 5.53. The number of rotatable bonds is 5. The summed E-state index contributed by atoms with van der Waals surface area (Å²) >= 11 is 1.39. The molecule has 0 aliphatic carbocycles. The summed E-state index contributed by atoms with van der Waals surface area (Å²) in [5, 5.41) is 3.82. The Bertz CT molecular complexity index is 401. The van der Waals surface area contributed by atoms with E-state index in [1.54, 1.807) is 6.20 Å². The Morgan fingerprint density at radius 1 is 1.31 bits per heavy atom. The molecule has 1 heterocycles. The molecular formula is C11H14N4S. The van der Waals surface area contributed by atoms with Gasteiger partial charge in [0.15, 0.2) is 0 Å². The van der Waals surface area contributed by atoms with Gasteiger partial charge in [-0.15, -0.1) is 5.10 Å². The molecule has 0 saturated carbocycles. The van der Waals surface area contributed by atoms with Crippen LogP contribution in [0.25, 0.3) is 0 Å². The number of hydrogen-bond donors (Lipinski definition) is 2. The van der Waals surface area contributed by atoms with Crippen LogP contribution in [0.1, 0.15) is 22.9 Å². The highest BCUT2D eigenvalue weighted by Crippen LogP contribution is 2.20. The van der Waals surface area contributed by atoms with Gasteiger partial charge in [-0.1, -0.05) is 34.8 Å². The lowest BCUT2D eigenvalue weighted by Crippen LogP contribution is -2.27. The second kappa shape index (κ2) is 5.69. The Hall–Kier alpha value is -1.30. The van der Waals surface area contributed by atoms with Gasteiger partial charge in [-0.05, 0) is 29.9 Å². The van der Waals surface area contributed by atoms with E-state index in [1.165, 1.54) is 17.1 Å². The molecule has 0 amide bonds. The lowest BCUT2D eigenvalue weighted by Gasteiger charge is -2.12. The molecule has 0 radical (unpaired) electrons.